The minimum Gasteiger partial charge on any atom is -0.286 e. The molecule has 0 spiro atoms. The Balaban J connectivity index is 2.26. The molecule has 0 aromatic rings. The summed E-state index contributed by atoms with van der Waals surface area (Å²) in [5.41, 5.74) is 1.87. The van der Waals surface area contributed by atoms with Crippen molar-refractivity contribution >= 4 is 17.3 Å². The van der Waals surface area contributed by atoms with Crippen LogP contribution in [-0.4, -0.2) is 17.8 Å². The molecule has 0 fully saturated rings. The van der Waals surface area contributed by atoms with E-state index in [1.165, 1.54) is 0 Å². The third kappa shape index (κ3) is 1.01. The van der Waals surface area contributed by atoms with Gasteiger partial charge < -0.3 is 0 Å². The molecular weight excluding hydrogens is 94.1 g/mol. The molecule has 0 saturated carbocycles. The number of hydrogen-bond acceptors (Lipinski definition) is 2. The van der Waals surface area contributed by atoms with Gasteiger partial charge in [0.25, 0.3) is 0 Å². The first-order valence-electron chi connectivity index (χ1n) is 1.81. The second-order valence-corrected chi connectivity index (χ2v) is 1.84. The lowest BCUT2D eigenvalue weighted by atomic mass is 10.5. The van der Waals surface area contributed by atoms with Gasteiger partial charge in [-0.2, -0.15) is 0 Å². The highest BCUT2D eigenvalue weighted by molar-refractivity contribution is 8.12. The van der Waals surface area contributed by atoms with Crippen LogP contribution in [0.5, 0.6) is 0 Å². The molecule has 1 aliphatic rings. The van der Waals surface area contributed by atoms with Crippen LogP contribution < -0.4 is 0 Å². The van der Waals surface area contributed by atoms with E-state index in [0.717, 1.165) is 12.3 Å². The lowest BCUT2D eigenvalue weighted by molar-refractivity contribution is 1.15. The van der Waals surface area contributed by atoms with Crippen molar-refractivity contribution in [2.75, 3.05) is 12.3 Å². The molecule has 1 nitrogen and oxygen atoms in total. The Bertz CT molecular complexity index is 52.6. The van der Waals surface area contributed by atoms with Gasteiger partial charge in [0.2, 0.25) is 0 Å². The van der Waals surface area contributed by atoms with Gasteiger partial charge in [-0.15, -0.1) is 11.8 Å². The lowest BCUT2D eigenvalue weighted by Gasteiger charge is -1.96. The lowest BCUT2D eigenvalue weighted by Crippen LogP contribution is -1.91. The van der Waals surface area contributed by atoms with Crippen molar-refractivity contribution in [2.45, 2.75) is 0 Å². The number of rotatable bonds is 0. The standard InChI is InChI=1S/C4H5NS/c1-2-5-4-6-3-1/h4H,2-3H2. The Labute approximate surface area is 41.8 Å². The first-order chi connectivity index (χ1) is 3.00. The molecule has 0 saturated heterocycles. The fraction of sp³-hybridized carbons (Fsp3) is 0.500. The van der Waals surface area contributed by atoms with Gasteiger partial charge in [0.1, 0.15) is 0 Å². The second kappa shape index (κ2) is 2.24. The Morgan fingerprint density at radius 1 is 1.83 bits per heavy atom. The van der Waals surface area contributed by atoms with Gasteiger partial charge in [0.15, 0.2) is 0 Å². The van der Waals surface area contributed by atoms with Crippen LogP contribution >= 0.6 is 11.8 Å². The minimum atomic E-state index is 0.799. The Hall–Kier alpha value is 0.0200. The third-order valence-corrected chi connectivity index (χ3v) is 1.21. The van der Waals surface area contributed by atoms with Crippen LogP contribution in [0.4, 0.5) is 0 Å². The molecule has 0 unspecified atom stereocenters. The van der Waals surface area contributed by atoms with Crippen molar-refractivity contribution in [3.05, 3.63) is 6.42 Å². The van der Waals surface area contributed by atoms with Gasteiger partial charge in [-0.25, -0.2) is 0 Å². The fourth-order valence-electron chi connectivity index (χ4n) is 0.296. The molecular formula is C4H5NS. The van der Waals surface area contributed by atoms with E-state index in [1.54, 1.807) is 11.8 Å². The summed E-state index contributed by atoms with van der Waals surface area (Å²) in [5.74, 6) is 1.02. The van der Waals surface area contributed by atoms with Crippen molar-refractivity contribution in [3.63, 3.8) is 0 Å². The van der Waals surface area contributed by atoms with Crippen molar-refractivity contribution < 1.29 is 0 Å². The van der Waals surface area contributed by atoms with Gasteiger partial charge in [0.05, 0.1) is 5.55 Å². The first kappa shape index (κ1) is 4.19. The molecule has 0 aliphatic carbocycles. The van der Waals surface area contributed by atoms with Crippen LogP contribution in [0.3, 0.4) is 0 Å². The van der Waals surface area contributed by atoms with Gasteiger partial charge in [-0.3, -0.25) is 4.99 Å². The predicted octanol–water partition coefficient (Wildman–Crippen LogP) is 0.843. The van der Waals surface area contributed by atoms with Crippen LogP contribution in [0.2, 0.25) is 0 Å². The van der Waals surface area contributed by atoms with Gasteiger partial charge >= 0.3 is 0 Å². The van der Waals surface area contributed by atoms with E-state index in [4.69, 9.17) is 0 Å². The number of hydrogen-bond donors (Lipinski definition) is 0. The van der Waals surface area contributed by atoms with Crippen LogP contribution in [0, 0.1) is 6.42 Å². The summed E-state index contributed by atoms with van der Waals surface area (Å²) in [5, 5.41) is 0. The van der Waals surface area contributed by atoms with Crippen LogP contribution in [0.15, 0.2) is 4.99 Å². The third-order valence-electron chi connectivity index (χ3n) is 0.538. The number of thioether (sulfide) groups is 1. The minimum absolute atomic E-state index is 0.799. The summed E-state index contributed by atoms with van der Waals surface area (Å²) in [6, 6.07) is 0. The highest BCUT2D eigenvalue weighted by atomic mass is 32.2. The predicted molar refractivity (Wildman–Crippen MR) is 29.1 cm³/mol. The Morgan fingerprint density at radius 2 is 2.83 bits per heavy atom. The van der Waals surface area contributed by atoms with Gasteiger partial charge in [0, 0.05) is 18.7 Å². The number of nitrogens with zero attached hydrogens (tertiary/aromatic N) is 1. The quantitative estimate of drug-likeness (QED) is 0.438. The zero-order chi connectivity index (χ0) is 4.24. The maximum Gasteiger partial charge on any atom is 0.0541 e. The zero-order valence-corrected chi connectivity index (χ0v) is 4.16. The van der Waals surface area contributed by atoms with Crippen LogP contribution in [0.1, 0.15) is 0 Å². The SMILES string of the molecule is [C]1CN=CSC1. The van der Waals surface area contributed by atoms with E-state index in [1.807, 2.05) is 5.55 Å². The smallest absolute Gasteiger partial charge is 0.0541 e. The summed E-state index contributed by atoms with van der Waals surface area (Å²) in [6.45, 7) is 0.799. The maximum absolute atomic E-state index is 3.90. The summed E-state index contributed by atoms with van der Waals surface area (Å²) in [6.07, 6.45) is 3.05. The van der Waals surface area contributed by atoms with Crippen molar-refractivity contribution in [2.24, 2.45) is 4.99 Å². The van der Waals surface area contributed by atoms with E-state index in [0.29, 0.717) is 0 Å². The van der Waals surface area contributed by atoms with Crippen molar-refractivity contribution in [1.82, 2.24) is 0 Å². The molecule has 2 radical (unpaired) electrons. The zero-order valence-electron chi connectivity index (χ0n) is 3.35. The molecule has 0 bridgehead atoms. The largest absolute Gasteiger partial charge is 0.286 e. The Kier molecular flexibility index (Phi) is 1.56. The summed E-state index contributed by atoms with van der Waals surface area (Å²) in [7, 11) is 0. The molecule has 6 heavy (non-hydrogen) atoms. The van der Waals surface area contributed by atoms with E-state index in [-0.39, 0.29) is 0 Å². The molecule has 0 amide bonds. The second-order valence-electron chi connectivity index (χ2n) is 1.01. The first-order valence-corrected chi connectivity index (χ1v) is 2.85. The number of aliphatic imine (C=N–C) groups is 1. The van der Waals surface area contributed by atoms with Crippen LogP contribution in [0.25, 0.3) is 0 Å². The normalized spacial score (nSPS) is 21.3. The van der Waals surface area contributed by atoms with Gasteiger partial charge in [-0.1, -0.05) is 0 Å². The molecule has 0 aromatic heterocycles. The maximum atomic E-state index is 3.90. The highest BCUT2D eigenvalue weighted by Gasteiger charge is 1.89. The van der Waals surface area contributed by atoms with E-state index in [2.05, 4.69) is 11.4 Å². The average molecular weight is 99.2 g/mol. The van der Waals surface area contributed by atoms with Crippen molar-refractivity contribution in [3.8, 4) is 0 Å². The molecule has 0 atom stereocenters. The summed E-state index contributed by atoms with van der Waals surface area (Å²) < 4.78 is 0. The average Bonchev–Trinajstić information content (AvgIpc) is 1.72. The van der Waals surface area contributed by atoms with E-state index < -0.39 is 0 Å². The fourth-order valence-corrected chi connectivity index (χ4v) is 0.760. The molecule has 1 heterocycles. The Morgan fingerprint density at radius 3 is 3.00 bits per heavy atom. The van der Waals surface area contributed by atoms with Crippen LogP contribution in [-0.2, 0) is 0 Å². The molecule has 0 aromatic carbocycles. The molecule has 2 heteroatoms. The highest BCUT2D eigenvalue weighted by Crippen LogP contribution is 2.01. The summed E-state index contributed by atoms with van der Waals surface area (Å²) >= 11 is 1.69. The molecule has 1 aliphatic heterocycles. The molecule has 1 rings (SSSR count). The van der Waals surface area contributed by atoms with Gasteiger partial charge in [-0.05, 0) is 0 Å². The molecule has 0 N–H and O–H groups in total. The van der Waals surface area contributed by atoms with Crippen molar-refractivity contribution in [1.29, 1.82) is 0 Å². The summed E-state index contributed by atoms with van der Waals surface area (Å²) in [4.78, 5) is 3.90. The van der Waals surface area contributed by atoms with E-state index >= 15 is 0 Å². The molecule has 32 valence electrons. The van der Waals surface area contributed by atoms with E-state index in [9.17, 15) is 0 Å². The monoisotopic (exact) mass is 99.0 g/mol. The topological polar surface area (TPSA) is 12.4 Å².